The van der Waals surface area contributed by atoms with E-state index >= 15 is 0 Å². The largest absolute Gasteiger partial charge is 0.362 e. The van der Waals surface area contributed by atoms with E-state index in [0.717, 1.165) is 24.6 Å². The van der Waals surface area contributed by atoms with E-state index in [0.29, 0.717) is 0 Å². The first-order valence-electron chi connectivity index (χ1n) is 4.55. The Bertz CT molecular complexity index is 245. The van der Waals surface area contributed by atoms with Gasteiger partial charge in [0.2, 0.25) is 0 Å². The number of hydrogen-bond donors (Lipinski definition) is 1. The molecule has 0 saturated heterocycles. The maximum absolute atomic E-state index is 4.29. The summed E-state index contributed by atoms with van der Waals surface area (Å²) in [7, 11) is 4.14. The number of hydrogen-bond acceptors (Lipinski definition) is 4. The SMILES string of the molecule is CCCNc1ncc(CN(C)C)s1. The van der Waals surface area contributed by atoms with E-state index in [2.05, 4.69) is 36.2 Å². The highest BCUT2D eigenvalue weighted by Gasteiger charge is 2.01. The van der Waals surface area contributed by atoms with Gasteiger partial charge in [-0.1, -0.05) is 6.92 Å². The Hall–Kier alpha value is -0.610. The summed E-state index contributed by atoms with van der Waals surface area (Å²) in [5, 5.41) is 4.32. The fourth-order valence-corrected chi connectivity index (χ4v) is 1.96. The molecule has 0 bridgehead atoms. The van der Waals surface area contributed by atoms with Crippen LogP contribution in [-0.2, 0) is 6.54 Å². The zero-order valence-corrected chi connectivity index (χ0v) is 9.32. The van der Waals surface area contributed by atoms with Gasteiger partial charge >= 0.3 is 0 Å². The first-order valence-corrected chi connectivity index (χ1v) is 5.37. The van der Waals surface area contributed by atoms with Crippen molar-refractivity contribution in [2.75, 3.05) is 26.0 Å². The van der Waals surface area contributed by atoms with Crippen molar-refractivity contribution in [1.82, 2.24) is 9.88 Å². The van der Waals surface area contributed by atoms with Gasteiger partial charge in [0, 0.05) is 24.2 Å². The van der Waals surface area contributed by atoms with Crippen LogP contribution in [0.5, 0.6) is 0 Å². The lowest BCUT2D eigenvalue weighted by Crippen LogP contribution is -2.09. The van der Waals surface area contributed by atoms with Gasteiger partial charge in [0.25, 0.3) is 0 Å². The number of anilines is 1. The molecule has 4 heteroatoms. The Kier molecular flexibility index (Phi) is 4.18. The third-order valence-electron chi connectivity index (χ3n) is 1.55. The molecule has 0 spiro atoms. The van der Waals surface area contributed by atoms with Gasteiger partial charge in [0.1, 0.15) is 0 Å². The smallest absolute Gasteiger partial charge is 0.182 e. The predicted octanol–water partition coefficient (Wildman–Crippen LogP) is 2.03. The van der Waals surface area contributed by atoms with E-state index in [1.807, 2.05) is 6.20 Å². The van der Waals surface area contributed by atoms with Gasteiger partial charge < -0.3 is 10.2 Å². The third-order valence-corrected chi connectivity index (χ3v) is 2.49. The Balaban J connectivity index is 2.44. The zero-order chi connectivity index (χ0) is 9.68. The van der Waals surface area contributed by atoms with E-state index < -0.39 is 0 Å². The van der Waals surface area contributed by atoms with Crippen molar-refractivity contribution in [2.24, 2.45) is 0 Å². The zero-order valence-electron chi connectivity index (χ0n) is 8.50. The molecule has 13 heavy (non-hydrogen) atoms. The summed E-state index contributed by atoms with van der Waals surface area (Å²) in [5.41, 5.74) is 0. The van der Waals surface area contributed by atoms with E-state index in [1.165, 1.54) is 4.88 Å². The Labute approximate surface area is 83.8 Å². The molecule has 0 aliphatic rings. The molecule has 0 unspecified atom stereocenters. The molecule has 1 aromatic rings. The van der Waals surface area contributed by atoms with Crippen LogP contribution in [0.1, 0.15) is 18.2 Å². The highest BCUT2D eigenvalue weighted by Crippen LogP contribution is 2.18. The van der Waals surface area contributed by atoms with Crippen LogP contribution in [-0.4, -0.2) is 30.5 Å². The van der Waals surface area contributed by atoms with Gasteiger partial charge in [-0.05, 0) is 20.5 Å². The normalized spacial score (nSPS) is 10.8. The van der Waals surface area contributed by atoms with Crippen LogP contribution in [0.2, 0.25) is 0 Å². The first kappa shape index (κ1) is 10.5. The standard InChI is InChI=1S/C9H17N3S/c1-4-5-10-9-11-6-8(13-9)7-12(2)3/h6H,4-5,7H2,1-3H3,(H,10,11). The minimum atomic E-state index is 0.978. The number of thiazole rings is 1. The van der Waals surface area contributed by atoms with E-state index in [4.69, 9.17) is 0 Å². The van der Waals surface area contributed by atoms with Gasteiger partial charge in [-0.25, -0.2) is 4.98 Å². The maximum Gasteiger partial charge on any atom is 0.182 e. The van der Waals surface area contributed by atoms with Gasteiger partial charge in [-0.3, -0.25) is 0 Å². The Morgan fingerprint density at radius 3 is 2.92 bits per heavy atom. The molecular formula is C9H17N3S. The van der Waals surface area contributed by atoms with E-state index in [1.54, 1.807) is 11.3 Å². The average Bonchev–Trinajstić information content (AvgIpc) is 2.48. The summed E-state index contributed by atoms with van der Waals surface area (Å²) < 4.78 is 0. The molecule has 1 heterocycles. The molecule has 3 nitrogen and oxygen atoms in total. The summed E-state index contributed by atoms with van der Waals surface area (Å²) in [6.07, 6.45) is 3.09. The summed E-state index contributed by atoms with van der Waals surface area (Å²) in [6, 6.07) is 0. The molecule has 0 radical (unpaired) electrons. The average molecular weight is 199 g/mol. The molecule has 1 rings (SSSR count). The van der Waals surface area contributed by atoms with Crippen LogP contribution < -0.4 is 5.32 Å². The molecule has 0 amide bonds. The second kappa shape index (κ2) is 5.19. The van der Waals surface area contributed by atoms with Crippen molar-refractivity contribution in [3.05, 3.63) is 11.1 Å². The monoisotopic (exact) mass is 199 g/mol. The molecule has 0 saturated carbocycles. The molecule has 0 aliphatic heterocycles. The van der Waals surface area contributed by atoms with Crippen molar-refractivity contribution in [3.8, 4) is 0 Å². The molecule has 0 aromatic carbocycles. The second-order valence-corrected chi connectivity index (χ2v) is 4.41. The molecule has 0 fully saturated rings. The fraction of sp³-hybridized carbons (Fsp3) is 0.667. The number of nitrogens with zero attached hydrogens (tertiary/aromatic N) is 2. The van der Waals surface area contributed by atoms with Gasteiger partial charge in [-0.15, -0.1) is 11.3 Å². The minimum Gasteiger partial charge on any atom is -0.362 e. The molecule has 0 aliphatic carbocycles. The van der Waals surface area contributed by atoms with Crippen LogP contribution in [0, 0.1) is 0 Å². The Morgan fingerprint density at radius 2 is 2.31 bits per heavy atom. The van der Waals surface area contributed by atoms with Gasteiger partial charge in [0.15, 0.2) is 5.13 Å². The van der Waals surface area contributed by atoms with Crippen LogP contribution in [0.15, 0.2) is 6.20 Å². The lowest BCUT2D eigenvalue weighted by molar-refractivity contribution is 0.406. The van der Waals surface area contributed by atoms with Crippen molar-refractivity contribution in [2.45, 2.75) is 19.9 Å². The van der Waals surface area contributed by atoms with Gasteiger partial charge in [-0.2, -0.15) is 0 Å². The maximum atomic E-state index is 4.29. The number of aromatic nitrogens is 1. The summed E-state index contributed by atoms with van der Waals surface area (Å²) >= 11 is 1.74. The van der Waals surface area contributed by atoms with Crippen molar-refractivity contribution < 1.29 is 0 Å². The third kappa shape index (κ3) is 3.74. The number of rotatable bonds is 5. The topological polar surface area (TPSA) is 28.2 Å². The highest BCUT2D eigenvalue weighted by molar-refractivity contribution is 7.15. The summed E-state index contributed by atoms with van der Waals surface area (Å²) in [4.78, 5) is 7.75. The van der Waals surface area contributed by atoms with Gasteiger partial charge in [0.05, 0.1) is 0 Å². The van der Waals surface area contributed by atoms with Crippen LogP contribution in [0.25, 0.3) is 0 Å². The molecule has 0 atom stereocenters. The van der Waals surface area contributed by atoms with Crippen molar-refractivity contribution in [1.29, 1.82) is 0 Å². The summed E-state index contributed by atoms with van der Waals surface area (Å²) in [6.45, 7) is 4.14. The quantitative estimate of drug-likeness (QED) is 0.786. The second-order valence-electron chi connectivity index (χ2n) is 3.30. The fourth-order valence-electron chi connectivity index (χ4n) is 1.01. The minimum absolute atomic E-state index is 0.978. The van der Waals surface area contributed by atoms with Crippen LogP contribution >= 0.6 is 11.3 Å². The van der Waals surface area contributed by atoms with Crippen LogP contribution in [0.4, 0.5) is 5.13 Å². The summed E-state index contributed by atoms with van der Waals surface area (Å²) in [5.74, 6) is 0. The van der Waals surface area contributed by atoms with Crippen molar-refractivity contribution >= 4 is 16.5 Å². The molecule has 1 N–H and O–H groups in total. The number of nitrogens with one attached hydrogen (secondary N) is 1. The van der Waals surface area contributed by atoms with Crippen molar-refractivity contribution in [3.63, 3.8) is 0 Å². The van der Waals surface area contributed by atoms with Crippen LogP contribution in [0.3, 0.4) is 0 Å². The van der Waals surface area contributed by atoms with E-state index in [-0.39, 0.29) is 0 Å². The first-order chi connectivity index (χ1) is 6.22. The molecule has 74 valence electrons. The Morgan fingerprint density at radius 1 is 1.54 bits per heavy atom. The lowest BCUT2D eigenvalue weighted by atomic mass is 10.5. The van der Waals surface area contributed by atoms with E-state index in [9.17, 15) is 0 Å². The highest BCUT2D eigenvalue weighted by atomic mass is 32.1. The molecular weight excluding hydrogens is 182 g/mol. The predicted molar refractivity (Wildman–Crippen MR) is 58.3 cm³/mol. The lowest BCUT2D eigenvalue weighted by Gasteiger charge is -2.05. The molecule has 1 aromatic heterocycles.